The van der Waals surface area contributed by atoms with Crippen LogP contribution in [0.1, 0.15) is 30.9 Å². The fraction of sp³-hybridized carbons (Fsp3) is 0.429. The summed E-state index contributed by atoms with van der Waals surface area (Å²) in [5, 5.41) is 6.65. The Bertz CT molecular complexity index is 822. The highest BCUT2D eigenvalue weighted by molar-refractivity contribution is 14.0. The van der Waals surface area contributed by atoms with E-state index in [9.17, 15) is 0 Å². The van der Waals surface area contributed by atoms with Gasteiger partial charge in [-0.15, -0.1) is 24.0 Å². The van der Waals surface area contributed by atoms with Crippen molar-refractivity contribution in [3.8, 4) is 11.5 Å². The maximum Gasteiger partial charge on any atom is 0.231 e. The monoisotopic (exact) mass is 509 g/mol. The summed E-state index contributed by atoms with van der Waals surface area (Å²) in [6, 6.07) is 10.2. The number of anilines is 1. The molecule has 2 aromatic rings. The number of fused-ring (bicyclic) bond motifs is 1. The zero-order valence-electron chi connectivity index (χ0n) is 16.7. The Balaban J connectivity index is 0.00000240. The van der Waals surface area contributed by atoms with Crippen molar-refractivity contribution in [3.05, 3.63) is 47.7 Å². The highest BCUT2D eigenvalue weighted by Crippen LogP contribution is 2.32. The summed E-state index contributed by atoms with van der Waals surface area (Å²) in [5.41, 5.74) is 2.22. The molecule has 7 nitrogen and oxygen atoms in total. The molecule has 29 heavy (non-hydrogen) atoms. The molecule has 1 saturated heterocycles. The zero-order chi connectivity index (χ0) is 19.2. The number of pyridine rings is 1. The first-order valence-corrected chi connectivity index (χ1v) is 9.92. The first-order valence-electron chi connectivity index (χ1n) is 9.92. The molecule has 1 aromatic heterocycles. The molecule has 156 valence electrons. The van der Waals surface area contributed by atoms with Crippen molar-refractivity contribution < 1.29 is 9.47 Å². The molecular formula is C21H28IN5O2. The van der Waals surface area contributed by atoms with E-state index in [1.165, 1.54) is 12.8 Å². The van der Waals surface area contributed by atoms with Crippen LogP contribution in [-0.4, -0.2) is 37.4 Å². The van der Waals surface area contributed by atoms with Crippen LogP contribution in [0.3, 0.4) is 0 Å². The Hall–Kier alpha value is -2.23. The van der Waals surface area contributed by atoms with Gasteiger partial charge in [-0.2, -0.15) is 0 Å². The van der Waals surface area contributed by atoms with E-state index in [0.717, 1.165) is 54.0 Å². The van der Waals surface area contributed by atoms with E-state index in [4.69, 9.17) is 9.47 Å². The Morgan fingerprint density at radius 3 is 2.62 bits per heavy atom. The number of hydrogen-bond acceptors (Lipinski definition) is 5. The van der Waals surface area contributed by atoms with Crippen molar-refractivity contribution in [2.75, 3.05) is 31.3 Å². The van der Waals surface area contributed by atoms with Crippen LogP contribution < -0.4 is 25.0 Å². The topological polar surface area (TPSA) is 71.0 Å². The van der Waals surface area contributed by atoms with E-state index >= 15 is 0 Å². The largest absolute Gasteiger partial charge is 0.454 e. The molecule has 0 unspecified atom stereocenters. The minimum atomic E-state index is 0. The molecule has 0 saturated carbocycles. The van der Waals surface area contributed by atoms with Crippen molar-refractivity contribution in [3.63, 3.8) is 0 Å². The lowest BCUT2D eigenvalue weighted by molar-refractivity contribution is 0.174. The van der Waals surface area contributed by atoms with Crippen LogP contribution in [0.2, 0.25) is 0 Å². The molecule has 8 heteroatoms. The fourth-order valence-corrected chi connectivity index (χ4v) is 3.39. The van der Waals surface area contributed by atoms with E-state index in [2.05, 4.69) is 44.6 Å². The molecule has 1 fully saturated rings. The fourth-order valence-electron chi connectivity index (χ4n) is 3.39. The van der Waals surface area contributed by atoms with Crippen LogP contribution in [0.4, 0.5) is 5.82 Å². The second-order valence-corrected chi connectivity index (χ2v) is 6.96. The van der Waals surface area contributed by atoms with E-state index < -0.39 is 0 Å². The smallest absolute Gasteiger partial charge is 0.231 e. The highest BCUT2D eigenvalue weighted by atomic mass is 127. The molecule has 4 rings (SSSR count). The maximum absolute atomic E-state index is 5.44. The van der Waals surface area contributed by atoms with Crippen LogP contribution >= 0.6 is 24.0 Å². The van der Waals surface area contributed by atoms with Gasteiger partial charge in [0.05, 0.1) is 6.54 Å². The van der Waals surface area contributed by atoms with Gasteiger partial charge in [0.15, 0.2) is 17.5 Å². The number of aliphatic imine (C=N–C) groups is 1. The van der Waals surface area contributed by atoms with Gasteiger partial charge in [-0.05, 0) is 49.1 Å². The van der Waals surface area contributed by atoms with Gasteiger partial charge in [0, 0.05) is 32.4 Å². The van der Waals surface area contributed by atoms with Gasteiger partial charge >= 0.3 is 0 Å². The van der Waals surface area contributed by atoms with Crippen molar-refractivity contribution in [1.82, 2.24) is 15.6 Å². The SMILES string of the molecule is CCNC(=NCc1ccc(N2CCCC2)nc1)NCc1ccc2c(c1)OCO2.I. The number of guanidine groups is 1. The van der Waals surface area contributed by atoms with Gasteiger partial charge in [0.2, 0.25) is 6.79 Å². The third-order valence-electron chi connectivity index (χ3n) is 4.90. The molecule has 0 radical (unpaired) electrons. The van der Waals surface area contributed by atoms with E-state index in [0.29, 0.717) is 19.9 Å². The van der Waals surface area contributed by atoms with Gasteiger partial charge in [-0.3, -0.25) is 0 Å². The van der Waals surface area contributed by atoms with E-state index in [1.54, 1.807) is 0 Å². The van der Waals surface area contributed by atoms with Gasteiger partial charge in [-0.25, -0.2) is 9.98 Å². The Labute approximate surface area is 188 Å². The van der Waals surface area contributed by atoms with Crippen molar-refractivity contribution in [2.24, 2.45) is 4.99 Å². The summed E-state index contributed by atoms with van der Waals surface area (Å²) in [7, 11) is 0. The average Bonchev–Trinajstić information content (AvgIpc) is 3.42. The molecule has 0 amide bonds. The summed E-state index contributed by atoms with van der Waals surface area (Å²) in [5.74, 6) is 3.45. The van der Waals surface area contributed by atoms with E-state index in [1.807, 2.05) is 24.4 Å². The van der Waals surface area contributed by atoms with Gasteiger partial charge in [-0.1, -0.05) is 12.1 Å². The Kier molecular flexibility index (Phi) is 7.79. The minimum Gasteiger partial charge on any atom is -0.454 e. The van der Waals surface area contributed by atoms with Crippen LogP contribution in [0.25, 0.3) is 0 Å². The summed E-state index contributed by atoms with van der Waals surface area (Å²) in [6.07, 6.45) is 4.45. The Morgan fingerprint density at radius 2 is 1.86 bits per heavy atom. The third-order valence-corrected chi connectivity index (χ3v) is 4.90. The molecular weight excluding hydrogens is 481 g/mol. The second kappa shape index (κ2) is 10.5. The molecule has 0 spiro atoms. The number of aromatic nitrogens is 1. The molecule has 3 heterocycles. The van der Waals surface area contributed by atoms with Gasteiger partial charge in [0.1, 0.15) is 5.82 Å². The maximum atomic E-state index is 5.44. The number of nitrogens with one attached hydrogen (secondary N) is 2. The second-order valence-electron chi connectivity index (χ2n) is 6.96. The predicted molar refractivity (Wildman–Crippen MR) is 125 cm³/mol. The summed E-state index contributed by atoms with van der Waals surface area (Å²) in [4.78, 5) is 11.6. The Morgan fingerprint density at radius 1 is 1.07 bits per heavy atom. The number of nitrogens with zero attached hydrogens (tertiary/aromatic N) is 3. The first kappa shape index (κ1) is 21.5. The van der Waals surface area contributed by atoms with Gasteiger partial charge in [0.25, 0.3) is 0 Å². The number of halogens is 1. The summed E-state index contributed by atoms with van der Waals surface area (Å²) < 4.78 is 10.8. The average molecular weight is 509 g/mol. The molecule has 2 aliphatic rings. The van der Waals surface area contributed by atoms with Crippen molar-refractivity contribution in [1.29, 1.82) is 0 Å². The molecule has 2 N–H and O–H groups in total. The lowest BCUT2D eigenvalue weighted by Gasteiger charge is -2.16. The normalized spacial score (nSPS) is 15.2. The number of benzene rings is 1. The first-order chi connectivity index (χ1) is 13.8. The molecule has 0 bridgehead atoms. The summed E-state index contributed by atoms with van der Waals surface area (Å²) in [6.45, 7) is 6.63. The van der Waals surface area contributed by atoms with Crippen molar-refractivity contribution in [2.45, 2.75) is 32.9 Å². The van der Waals surface area contributed by atoms with Crippen LogP contribution in [-0.2, 0) is 13.1 Å². The molecule has 0 aliphatic carbocycles. The summed E-state index contributed by atoms with van der Waals surface area (Å²) >= 11 is 0. The molecule has 2 aliphatic heterocycles. The lowest BCUT2D eigenvalue weighted by atomic mass is 10.2. The van der Waals surface area contributed by atoms with Crippen LogP contribution in [0.15, 0.2) is 41.5 Å². The number of ether oxygens (including phenoxy) is 2. The molecule has 0 atom stereocenters. The lowest BCUT2D eigenvalue weighted by Crippen LogP contribution is -2.36. The van der Waals surface area contributed by atoms with Crippen molar-refractivity contribution >= 4 is 35.8 Å². The third kappa shape index (κ3) is 5.65. The highest BCUT2D eigenvalue weighted by Gasteiger charge is 2.14. The number of hydrogen-bond donors (Lipinski definition) is 2. The molecule has 1 aromatic carbocycles. The zero-order valence-corrected chi connectivity index (χ0v) is 19.0. The van der Waals surface area contributed by atoms with E-state index in [-0.39, 0.29) is 24.0 Å². The predicted octanol–water partition coefficient (Wildman–Crippen LogP) is 3.28. The van der Waals surface area contributed by atoms with Gasteiger partial charge < -0.3 is 25.0 Å². The number of rotatable bonds is 6. The quantitative estimate of drug-likeness (QED) is 0.354. The van der Waals surface area contributed by atoms with Crippen LogP contribution in [0.5, 0.6) is 11.5 Å². The standard InChI is InChI=1S/C21H27N5O2.HI/c1-2-22-21(24-12-16-5-7-18-19(11-16)28-15-27-18)25-14-17-6-8-20(23-13-17)26-9-3-4-10-26;/h5-8,11,13H,2-4,9-10,12,14-15H2,1H3,(H2,22,24,25);1H. The van der Waals surface area contributed by atoms with Crippen LogP contribution in [0, 0.1) is 0 Å². The minimum absolute atomic E-state index is 0.